The maximum atomic E-state index is 12.3. The van der Waals surface area contributed by atoms with E-state index < -0.39 is 10.0 Å². The fourth-order valence-corrected chi connectivity index (χ4v) is 4.60. The number of carbonyl (C=O) groups is 2. The number of para-hydroxylation sites is 1. The molecule has 1 fully saturated rings. The number of hydrogen-bond acceptors (Lipinski definition) is 4. The summed E-state index contributed by atoms with van der Waals surface area (Å²) in [5.74, 6) is -0.235. The van der Waals surface area contributed by atoms with E-state index in [0.29, 0.717) is 31.0 Å². The first kappa shape index (κ1) is 23.1. The Morgan fingerprint density at radius 2 is 1.74 bits per heavy atom. The number of amides is 3. The molecule has 1 saturated heterocycles. The highest BCUT2D eigenvalue weighted by atomic mass is 35.5. The first-order valence-corrected chi connectivity index (χ1v) is 11.9. The van der Waals surface area contributed by atoms with Crippen molar-refractivity contribution in [1.82, 2.24) is 14.9 Å². The number of likely N-dealkylation sites (tertiary alicyclic amines) is 1. The number of anilines is 1. The van der Waals surface area contributed by atoms with Gasteiger partial charge in [0.25, 0.3) is 0 Å². The van der Waals surface area contributed by atoms with Gasteiger partial charge in [-0.3, -0.25) is 4.79 Å². The number of halogens is 1. The van der Waals surface area contributed by atoms with E-state index in [4.69, 9.17) is 11.6 Å². The molecule has 3 N–H and O–H groups in total. The SMILES string of the molecule is O=C(CCNS(=O)(=O)c1cccc(Cl)c1)NC1CCN(C(=O)Nc2ccccc2)CC1. The van der Waals surface area contributed by atoms with Gasteiger partial charge < -0.3 is 15.5 Å². The normalized spacial score (nSPS) is 14.8. The van der Waals surface area contributed by atoms with Crippen molar-refractivity contribution < 1.29 is 18.0 Å². The molecule has 31 heavy (non-hydrogen) atoms. The molecule has 0 atom stereocenters. The van der Waals surface area contributed by atoms with Crippen LogP contribution in [0.25, 0.3) is 0 Å². The molecule has 1 aliphatic rings. The van der Waals surface area contributed by atoms with Gasteiger partial charge in [0.1, 0.15) is 0 Å². The van der Waals surface area contributed by atoms with Crippen LogP contribution in [0.5, 0.6) is 0 Å². The molecular formula is C21H25ClN4O4S. The molecule has 0 unspecified atom stereocenters. The predicted octanol–water partition coefficient (Wildman–Crippen LogP) is 2.82. The maximum Gasteiger partial charge on any atom is 0.321 e. The quantitative estimate of drug-likeness (QED) is 0.585. The van der Waals surface area contributed by atoms with E-state index in [9.17, 15) is 18.0 Å². The Bertz CT molecular complexity index is 1010. The lowest BCUT2D eigenvalue weighted by atomic mass is 10.1. The molecule has 1 aliphatic heterocycles. The van der Waals surface area contributed by atoms with Crippen LogP contribution in [0.1, 0.15) is 19.3 Å². The van der Waals surface area contributed by atoms with E-state index in [1.54, 1.807) is 17.0 Å². The third kappa shape index (κ3) is 6.95. The van der Waals surface area contributed by atoms with Gasteiger partial charge in [0, 0.05) is 42.8 Å². The Morgan fingerprint density at radius 3 is 2.42 bits per heavy atom. The Morgan fingerprint density at radius 1 is 1.03 bits per heavy atom. The van der Waals surface area contributed by atoms with Crippen LogP contribution in [0, 0.1) is 0 Å². The number of carbonyl (C=O) groups excluding carboxylic acids is 2. The van der Waals surface area contributed by atoms with Gasteiger partial charge in [-0.15, -0.1) is 0 Å². The average molecular weight is 465 g/mol. The molecule has 10 heteroatoms. The maximum absolute atomic E-state index is 12.3. The molecule has 3 amide bonds. The standard InChI is InChI=1S/C21H25ClN4O4S/c22-16-5-4-8-19(15-16)31(29,30)23-12-9-20(27)24-18-10-13-26(14-11-18)21(28)25-17-6-2-1-3-7-17/h1-8,15,18,23H,9-14H2,(H,24,27)(H,25,28). The number of piperidine rings is 1. The molecule has 8 nitrogen and oxygen atoms in total. The van der Waals surface area contributed by atoms with Crippen LogP contribution >= 0.6 is 11.6 Å². The van der Waals surface area contributed by atoms with Crippen molar-refractivity contribution in [2.45, 2.75) is 30.2 Å². The van der Waals surface area contributed by atoms with Gasteiger partial charge in [-0.2, -0.15) is 0 Å². The van der Waals surface area contributed by atoms with Gasteiger partial charge >= 0.3 is 6.03 Å². The van der Waals surface area contributed by atoms with Crippen LogP contribution in [-0.2, 0) is 14.8 Å². The molecule has 0 aromatic heterocycles. The van der Waals surface area contributed by atoms with E-state index in [1.165, 1.54) is 12.1 Å². The number of urea groups is 1. The molecule has 166 valence electrons. The largest absolute Gasteiger partial charge is 0.353 e. The van der Waals surface area contributed by atoms with Crippen molar-refractivity contribution in [2.75, 3.05) is 25.0 Å². The molecule has 0 radical (unpaired) electrons. The van der Waals surface area contributed by atoms with Gasteiger partial charge in [0.2, 0.25) is 15.9 Å². The van der Waals surface area contributed by atoms with Crippen LogP contribution in [0.15, 0.2) is 59.5 Å². The van der Waals surface area contributed by atoms with E-state index in [-0.39, 0.29) is 35.8 Å². The van der Waals surface area contributed by atoms with Crippen LogP contribution in [0.3, 0.4) is 0 Å². The number of sulfonamides is 1. The number of rotatable bonds is 7. The summed E-state index contributed by atoms with van der Waals surface area (Å²) < 4.78 is 26.9. The molecule has 0 bridgehead atoms. The van der Waals surface area contributed by atoms with Crippen molar-refractivity contribution in [3.63, 3.8) is 0 Å². The fraction of sp³-hybridized carbons (Fsp3) is 0.333. The molecule has 3 rings (SSSR count). The topological polar surface area (TPSA) is 108 Å². The van der Waals surface area contributed by atoms with Gasteiger partial charge in [-0.1, -0.05) is 35.9 Å². The van der Waals surface area contributed by atoms with E-state index in [2.05, 4.69) is 15.4 Å². The summed E-state index contributed by atoms with van der Waals surface area (Å²) in [4.78, 5) is 26.3. The lowest BCUT2D eigenvalue weighted by Gasteiger charge is -2.32. The summed E-state index contributed by atoms with van der Waals surface area (Å²) in [5, 5.41) is 6.09. The Balaban J connectivity index is 1.37. The highest BCUT2D eigenvalue weighted by molar-refractivity contribution is 7.89. The number of nitrogens with one attached hydrogen (secondary N) is 3. The monoisotopic (exact) mass is 464 g/mol. The first-order valence-electron chi connectivity index (χ1n) is 9.99. The summed E-state index contributed by atoms with van der Waals surface area (Å²) in [6.07, 6.45) is 1.30. The van der Waals surface area contributed by atoms with Gasteiger partial charge in [0.05, 0.1) is 4.90 Å². The highest BCUT2D eigenvalue weighted by Crippen LogP contribution is 2.15. The van der Waals surface area contributed by atoms with E-state index in [1.807, 2.05) is 30.3 Å². The second-order valence-corrected chi connectivity index (χ2v) is 9.43. The highest BCUT2D eigenvalue weighted by Gasteiger charge is 2.24. The summed E-state index contributed by atoms with van der Waals surface area (Å²) >= 11 is 5.83. The van der Waals surface area contributed by atoms with Gasteiger partial charge in [0.15, 0.2) is 0 Å². The third-order valence-electron chi connectivity index (χ3n) is 4.92. The third-order valence-corrected chi connectivity index (χ3v) is 6.62. The van der Waals surface area contributed by atoms with E-state index >= 15 is 0 Å². The zero-order chi connectivity index (χ0) is 22.3. The minimum atomic E-state index is -3.72. The smallest absolute Gasteiger partial charge is 0.321 e. The first-order chi connectivity index (χ1) is 14.8. The van der Waals surface area contributed by atoms with Crippen molar-refractivity contribution >= 4 is 39.2 Å². The van der Waals surface area contributed by atoms with Crippen molar-refractivity contribution in [3.05, 3.63) is 59.6 Å². The summed E-state index contributed by atoms with van der Waals surface area (Å²) in [5.41, 5.74) is 0.739. The molecule has 0 saturated carbocycles. The van der Waals surface area contributed by atoms with Crippen molar-refractivity contribution in [3.8, 4) is 0 Å². The minimum absolute atomic E-state index is 0.0149. The average Bonchev–Trinajstić information content (AvgIpc) is 2.75. The second-order valence-electron chi connectivity index (χ2n) is 7.23. The van der Waals surface area contributed by atoms with Crippen LogP contribution in [-0.4, -0.2) is 50.9 Å². The van der Waals surface area contributed by atoms with Gasteiger partial charge in [-0.25, -0.2) is 17.9 Å². The molecule has 0 aliphatic carbocycles. The zero-order valence-corrected chi connectivity index (χ0v) is 18.5. The molecule has 2 aromatic carbocycles. The van der Waals surface area contributed by atoms with Crippen LogP contribution in [0.2, 0.25) is 5.02 Å². The van der Waals surface area contributed by atoms with Gasteiger partial charge in [-0.05, 0) is 43.2 Å². The lowest BCUT2D eigenvalue weighted by Crippen LogP contribution is -2.48. The van der Waals surface area contributed by atoms with E-state index in [0.717, 1.165) is 5.69 Å². The number of hydrogen-bond donors (Lipinski definition) is 3. The zero-order valence-electron chi connectivity index (χ0n) is 16.9. The molecule has 2 aromatic rings. The molecule has 1 heterocycles. The van der Waals surface area contributed by atoms with Crippen molar-refractivity contribution in [1.29, 1.82) is 0 Å². The summed E-state index contributed by atoms with van der Waals surface area (Å²) in [7, 11) is -3.72. The lowest BCUT2D eigenvalue weighted by molar-refractivity contribution is -0.121. The number of nitrogens with zero attached hydrogens (tertiary/aromatic N) is 1. The molecule has 0 spiro atoms. The Hall–Kier alpha value is -2.62. The predicted molar refractivity (Wildman–Crippen MR) is 119 cm³/mol. The van der Waals surface area contributed by atoms with Crippen molar-refractivity contribution in [2.24, 2.45) is 0 Å². The molecular weight excluding hydrogens is 440 g/mol. The minimum Gasteiger partial charge on any atom is -0.353 e. The Kier molecular flexibility index (Phi) is 7.89. The van der Waals surface area contributed by atoms with Crippen LogP contribution in [0.4, 0.5) is 10.5 Å². The van der Waals surface area contributed by atoms with Crippen LogP contribution < -0.4 is 15.4 Å². The number of benzene rings is 2. The fourth-order valence-electron chi connectivity index (χ4n) is 3.27. The Labute approximate surface area is 187 Å². The summed E-state index contributed by atoms with van der Waals surface area (Å²) in [6.45, 7) is 1.05. The second kappa shape index (κ2) is 10.6. The summed E-state index contributed by atoms with van der Waals surface area (Å²) in [6, 6.07) is 15.0.